The zero-order chi connectivity index (χ0) is 13.0. The lowest BCUT2D eigenvalue weighted by molar-refractivity contribution is 0.0226. The Hall–Kier alpha value is -0.0800. The minimum atomic E-state index is 0.477. The predicted octanol–water partition coefficient (Wildman–Crippen LogP) is 3.42. The summed E-state index contributed by atoms with van der Waals surface area (Å²) in [4.78, 5) is 2.86. The summed E-state index contributed by atoms with van der Waals surface area (Å²) in [5.74, 6) is 0.741. The van der Waals surface area contributed by atoms with Crippen molar-refractivity contribution in [2.75, 3.05) is 19.6 Å². The van der Waals surface area contributed by atoms with E-state index in [1.165, 1.54) is 58.0 Å². The highest BCUT2D eigenvalue weighted by Gasteiger charge is 2.46. The molecule has 18 heavy (non-hydrogen) atoms. The van der Waals surface area contributed by atoms with Crippen LogP contribution in [-0.2, 0) is 0 Å². The molecule has 1 atom stereocenters. The third-order valence-corrected chi connectivity index (χ3v) is 5.12. The average molecular weight is 252 g/mol. The van der Waals surface area contributed by atoms with E-state index in [1.807, 2.05) is 0 Å². The van der Waals surface area contributed by atoms with E-state index in [1.54, 1.807) is 0 Å². The summed E-state index contributed by atoms with van der Waals surface area (Å²) in [6.45, 7) is 10.9. The lowest BCUT2D eigenvalue weighted by Gasteiger charge is -2.50. The van der Waals surface area contributed by atoms with Gasteiger partial charge in [0.05, 0.1) is 0 Å². The molecule has 0 aromatic heterocycles. The molecule has 2 rings (SSSR count). The summed E-state index contributed by atoms with van der Waals surface area (Å²) in [6.07, 6.45) is 9.99. The van der Waals surface area contributed by atoms with E-state index in [0.717, 1.165) is 12.5 Å². The molecule has 2 aliphatic rings. The van der Waals surface area contributed by atoms with Crippen molar-refractivity contribution in [1.82, 2.24) is 10.2 Å². The maximum atomic E-state index is 3.82. The Morgan fingerprint density at radius 1 is 1.00 bits per heavy atom. The van der Waals surface area contributed by atoms with Crippen LogP contribution in [0.5, 0.6) is 0 Å². The number of rotatable bonds is 5. The van der Waals surface area contributed by atoms with Crippen LogP contribution in [0.4, 0.5) is 0 Å². The number of hydrogen-bond donors (Lipinski definition) is 1. The number of hydrogen-bond acceptors (Lipinski definition) is 2. The molecule has 1 aliphatic heterocycles. The molecule has 0 bridgehead atoms. The molecule has 1 aliphatic carbocycles. The van der Waals surface area contributed by atoms with Crippen LogP contribution in [0, 0.1) is 5.92 Å². The smallest absolute Gasteiger partial charge is 0.0365 e. The van der Waals surface area contributed by atoms with Crippen LogP contribution in [0.2, 0.25) is 0 Å². The summed E-state index contributed by atoms with van der Waals surface area (Å²) in [5, 5.41) is 3.82. The molecular formula is C16H32N2. The molecule has 0 aromatic rings. The van der Waals surface area contributed by atoms with Gasteiger partial charge in [-0.25, -0.2) is 0 Å². The van der Waals surface area contributed by atoms with Crippen molar-refractivity contribution in [3.8, 4) is 0 Å². The van der Waals surface area contributed by atoms with Gasteiger partial charge in [-0.3, -0.25) is 4.90 Å². The Morgan fingerprint density at radius 2 is 1.61 bits per heavy atom. The van der Waals surface area contributed by atoms with Gasteiger partial charge in [0.25, 0.3) is 0 Å². The van der Waals surface area contributed by atoms with Crippen molar-refractivity contribution in [1.29, 1.82) is 0 Å². The highest BCUT2D eigenvalue weighted by atomic mass is 15.2. The van der Waals surface area contributed by atoms with Crippen molar-refractivity contribution >= 4 is 0 Å². The molecule has 0 amide bonds. The van der Waals surface area contributed by atoms with E-state index in [0.29, 0.717) is 11.6 Å². The van der Waals surface area contributed by atoms with Gasteiger partial charge in [0.15, 0.2) is 0 Å². The van der Waals surface area contributed by atoms with Crippen LogP contribution in [-0.4, -0.2) is 36.1 Å². The predicted molar refractivity (Wildman–Crippen MR) is 78.9 cm³/mol. The molecule has 1 unspecified atom stereocenters. The summed E-state index contributed by atoms with van der Waals surface area (Å²) in [7, 11) is 0. The van der Waals surface area contributed by atoms with Crippen molar-refractivity contribution in [2.45, 2.75) is 77.3 Å². The van der Waals surface area contributed by atoms with Gasteiger partial charge >= 0.3 is 0 Å². The fraction of sp³-hybridized carbons (Fsp3) is 1.00. The fourth-order valence-electron chi connectivity index (χ4n) is 4.42. The van der Waals surface area contributed by atoms with E-state index >= 15 is 0 Å². The topological polar surface area (TPSA) is 15.3 Å². The van der Waals surface area contributed by atoms with Gasteiger partial charge in [0, 0.05) is 11.6 Å². The van der Waals surface area contributed by atoms with Gasteiger partial charge in [0.2, 0.25) is 0 Å². The molecule has 1 saturated heterocycles. The second-order valence-electron chi connectivity index (χ2n) is 6.64. The van der Waals surface area contributed by atoms with Crippen LogP contribution < -0.4 is 5.32 Å². The number of likely N-dealkylation sites (tertiary alicyclic amines) is 1. The van der Waals surface area contributed by atoms with Crippen molar-refractivity contribution in [2.24, 2.45) is 5.92 Å². The first-order chi connectivity index (χ1) is 8.70. The van der Waals surface area contributed by atoms with E-state index < -0.39 is 0 Å². The standard InChI is InChI=1S/C16H32N2/c1-4-17-15(14(2)3)16(10-6-7-11-16)18-12-8-5-9-13-18/h14-15,17H,4-13H2,1-3H3. The fourth-order valence-corrected chi connectivity index (χ4v) is 4.42. The molecule has 1 saturated carbocycles. The maximum Gasteiger partial charge on any atom is 0.0365 e. The molecule has 2 fully saturated rings. The first-order valence-corrected chi connectivity index (χ1v) is 8.19. The third-order valence-electron chi connectivity index (χ3n) is 5.12. The Labute approximate surface area is 114 Å². The largest absolute Gasteiger partial charge is 0.312 e. The molecule has 1 heterocycles. The molecule has 2 nitrogen and oxygen atoms in total. The highest BCUT2D eigenvalue weighted by Crippen LogP contribution is 2.41. The van der Waals surface area contributed by atoms with Gasteiger partial charge in [-0.2, -0.15) is 0 Å². The van der Waals surface area contributed by atoms with Crippen LogP contribution in [0.3, 0.4) is 0 Å². The van der Waals surface area contributed by atoms with E-state index in [2.05, 4.69) is 31.0 Å². The number of piperidine rings is 1. The van der Waals surface area contributed by atoms with Gasteiger partial charge in [0.1, 0.15) is 0 Å². The van der Waals surface area contributed by atoms with Crippen molar-refractivity contribution < 1.29 is 0 Å². The number of likely N-dealkylation sites (N-methyl/N-ethyl adjacent to an activating group) is 1. The minimum Gasteiger partial charge on any atom is -0.312 e. The highest BCUT2D eigenvalue weighted by molar-refractivity contribution is 5.05. The molecule has 1 N–H and O–H groups in total. The lowest BCUT2D eigenvalue weighted by Crippen LogP contribution is -2.62. The van der Waals surface area contributed by atoms with E-state index in [9.17, 15) is 0 Å². The third kappa shape index (κ3) is 2.75. The normalized spacial score (nSPS) is 26.7. The maximum absolute atomic E-state index is 3.82. The van der Waals surface area contributed by atoms with Crippen LogP contribution in [0.1, 0.15) is 65.7 Å². The Morgan fingerprint density at radius 3 is 2.11 bits per heavy atom. The molecule has 0 spiro atoms. The SMILES string of the molecule is CCNC(C(C)C)C1(N2CCCCC2)CCCC1. The van der Waals surface area contributed by atoms with Crippen LogP contribution in [0.25, 0.3) is 0 Å². The van der Waals surface area contributed by atoms with Gasteiger partial charge in [-0.15, -0.1) is 0 Å². The first kappa shape index (κ1) is 14.3. The molecule has 0 radical (unpaired) electrons. The Balaban J connectivity index is 2.17. The van der Waals surface area contributed by atoms with Gasteiger partial charge < -0.3 is 5.32 Å². The van der Waals surface area contributed by atoms with Crippen LogP contribution in [0.15, 0.2) is 0 Å². The number of nitrogens with one attached hydrogen (secondary N) is 1. The quantitative estimate of drug-likeness (QED) is 0.806. The van der Waals surface area contributed by atoms with Crippen LogP contribution >= 0.6 is 0 Å². The molecule has 0 aromatic carbocycles. The zero-order valence-corrected chi connectivity index (χ0v) is 12.7. The van der Waals surface area contributed by atoms with Crippen molar-refractivity contribution in [3.63, 3.8) is 0 Å². The van der Waals surface area contributed by atoms with Gasteiger partial charge in [-0.1, -0.05) is 40.0 Å². The zero-order valence-electron chi connectivity index (χ0n) is 12.7. The monoisotopic (exact) mass is 252 g/mol. The summed E-state index contributed by atoms with van der Waals surface area (Å²) < 4.78 is 0. The minimum absolute atomic E-state index is 0.477. The van der Waals surface area contributed by atoms with E-state index in [4.69, 9.17) is 0 Å². The molecular weight excluding hydrogens is 220 g/mol. The Bertz CT molecular complexity index is 237. The molecule has 2 heteroatoms. The second kappa shape index (κ2) is 6.38. The number of nitrogens with zero attached hydrogens (tertiary/aromatic N) is 1. The second-order valence-corrected chi connectivity index (χ2v) is 6.64. The first-order valence-electron chi connectivity index (χ1n) is 8.19. The van der Waals surface area contributed by atoms with Gasteiger partial charge in [-0.05, 0) is 51.2 Å². The molecule has 106 valence electrons. The lowest BCUT2D eigenvalue weighted by atomic mass is 9.79. The summed E-state index contributed by atoms with van der Waals surface area (Å²) >= 11 is 0. The van der Waals surface area contributed by atoms with E-state index in [-0.39, 0.29) is 0 Å². The summed E-state index contributed by atoms with van der Waals surface area (Å²) in [5.41, 5.74) is 0.477. The Kier molecular flexibility index (Phi) is 5.08. The summed E-state index contributed by atoms with van der Waals surface area (Å²) in [6, 6.07) is 0.683. The average Bonchev–Trinajstić information content (AvgIpc) is 2.87. The van der Waals surface area contributed by atoms with Crippen molar-refractivity contribution in [3.05, 3.63) is 0 Å².